The lowest BCUT2D eigenvalue weighted by Gasteiger charge is -2.32. The average molecular weight is 401 g/mol. The van der Waals surface area contributed by atoms with Crippen LogP contribution in [0.3, 0.4) is 0 Å². The zero-order valence-electron chi connectivity index (χ0n) is 18.0. The molecule has 1 aliphatic heterocycles. The van der Waals surface area contributed by atoms with Crippen molar-refractivity contribution in [3.63, 3.8) is 0 Å². The summed E-state index contributed by atoms with van der Waals surface area (Å²) in [6.07, 6.45) is -0.555. The molecule has 2 aromatic rings. The van der Waals surface area contributed by atoms with Gasteiger partial charge in [0.1, 0.15) is 5.60 Å². The maximum absolute atomic E-state index is 12.2. The number of fused-ring (bicyclic) bond motifs is 1. The Kier molecular flexibility index (Phi) is 5.25. The van der Waals surface area contributed by atoms with Crippen LogP contribution in [0.15, 0.2) is 23.0 Å². The van der Waals surface area contributed by atoms with E-state index in [4.69, 9.17) is 14.0 Å². The van der Waals surface area contributed by atoms with Crippen molar-refractivity contribution in [3.8, 4) is 0 Å². The minimum Gasteiger partial charge on any atom is -0.444 e. The Hall–Kier alpha value is -2.39. The first-order valence-corrected chi connectivity index (χ1v) is 9.63. The van der Waals surface area contributed by atoms with Crippen LogP contribution in [0.25, 0.3) is 10.8 Å². The van der Waals surface area contributed by atoms with Crippen molar-refractivity contribution in [1.82, 2.24) is 15.5 Å². The van der Waals surface area contributed by atoms with E-state index >= 15 is 0 Å². The predicted molar refractivity (Wildman–Crippen MR) is 111 cm³/mol. The standard InChI is InChI=1S/C20H28BN3O5/c1-18(2,3)27-17(26)22-11-15-14-10-12(8-9-13(14)16(25)24-23-15)21-28-19(4,5)20(6,7)29-21/h8-10H,11H2,1-7H3,(H,22,26)(H,24,25). The van der Waals surface area contributed by atoms with E-state index in [9.17, 15) is 9.59 Å². The number of carbonyl (C=O) groups excluding carboxylic acids is 1. The van der Waals surface area contributed by atoms with E-state index in [0.29, 0.717) is 16.5 Å². The molecule has 2 heterocycles. The molecule has 0 spiro atoms. The lowest BCUT2D eigenvalue weighted by atomic mass is 9.78. The Labute approximate surface area is 170 Å². The molecule has 1 saturated heterocycles. The van der Waals surface area contributed by atoms with Gasteiger partial charge in [0.05, 0.1) is 28.8 Å². The summed E-state index contributed by atoms with van der Waals surface area (Å²) in [6.45, 7) is 13.4. The van der Waals surface area contributed by atoms with Gasteiger partial charge in [0.15, 0.2) is 0 Å². The fourth-order valence-corrected chi connectivity index (χ4v) is 2.97. The van der Waals surface area contributed by atoms with Crippen LogP contribution in [-0.2, 0) is 20.6 Å². The van der Waals surface area contributed by atoms with Gasteiger partial charge < -0.3 is 19.4 Å². The van der Waals surface area contributed by atoms with Crippen molar-refractivity contribution in [2.24, 2.45) is 0 Å². The first-order valence-electron chi connectivity index (χ1n) is 9.63. The third kappa shape index (κ3) is 4.46. The molecule has 1 aromatic carbocycles. The van der Waals surface area contributed by atoms with E-state index in [-0.39, 0.29) is 12.1 Å². The van der Waals surface area contributed by atoms with Gasteiger partial charge in [-0.05, 0) is 60.0 Å². The maximum Gasteiger partial charge on any atom is 0.494 e. The molecule has 1 aromatic heterocycles. The average Bonchev–Trinajstić information content (AvgIpc) is 2.80. The topological polar surface area (TPSA) is 103 Å². The van der Waals surface area contributed by atoms with Crippen LogP contribution in [0.2, 0.25) is 0 Å². The summed E-state index contributed by atoms with van der Waals surface area (Å²) in [7, 11) is -0.560. The van der Waals surface area contributed by atoms with Gasteiger partial charge >= 0.3 is 13.2 Å². The first kappa shape index (κ1) is 21.3. The largest absolute Gasteiger partial charge is 0.494 e. The highest BCUT2D eigenvalue weighted by molar-refractivity contribution is 6.62. The number of nitrogens with zero attached hydrogens (tertiary/aromatic N) is 1. The summed E-state index contributed by atoms with van der Waals surface area (Å²) >= 11 is 0. The van der Waals surface area contributed by atoms with Gasteiger partial charge in [0.2, 0.25) is 0 Å². The molecule has 8 nitrogen and oxygen atoms in total. The van der Waals surface area contributed by atoms with Gasteiger partial charge in [-0.2, -0.15) is 5.10 Å². The molecule has 0 bridgehead atoms. The quantitative estimate of drug-likeness (QED) is 0.765. The van der Waals surface area contributed by atoms with Gasteiger partial charge in [0.25, 0.3) is 5.56 Å². The van der Waals surface area contributed by atoms with Crippen LogP contribution in [0.1, 0.15) is 54.2 Å². The molecular weight excluding hydrogens is 373 g/mol. The number of hydrogen-bond acceptors (Lipinski definition) is 6. The fourth-order valence-electron chi connectivity index (χ4n) is 2.97. The van der Waals surface area contributed by atoms with E-state index in [0.717, 1.165) is 5.46 Å². The van der Waals surface area contributed by atoms with E-state index in [1.807, 2.05) is 39.8 Å². The summed E-state index contributed by atoms with van der Waals surface area (Å²) in [5, 5.41) is 10.3. The molecule has 0 atom stereocenters. The lowest BCUT2D eigenvalue weighted by Crippen LogP contribution is -2.41. The molecule has 29 heavy (non-hydrogen) atoms. The lowest BCUT2D eigenvalue weighted by molar-refractivity contribution is 0.00578. The SMILES string of the molecule is CC(C)(C)OC(=O)NCc1n[nH]c(=O)c2ccc(B3OC(C)(C)C(C)(C)O3)cc12. The van der Waals surface area contributed by atoms with Crippen molar-refractivity contribution in [3.05, 3.63) is 34.2 Å². The van der Waals surface area contributed by atoms with E-state index in [1.165, 1.54) is 0 Å². The smallest absolute Gasteiger partial charge is 0.444 e. The van der Waals surface area contributed by atoms with Crippen LogP contribution in [0.4, 0.5) is 4.79 Å². The Morgan fingerprint density at radius 3 is 2.38 bits per heavy atom. The number of alkyl carbamates (subject to hydrolysis) is 1. The summed E-state index contributed by atoms with van der Waals surface area (Å²) in [6, 6.07) is 5.35. The zero-order chi connectivity index (χ0) is 21.6. The molecule has 0 radical (unpaired) electrons. The van der Waals surface area contributed by atoms with Crippen LogP contribution in [0.5, 0.6) is 0 Å². The van der Waals surface area contributed by atoms with Crippen LogP contribution < -0.4 is 16.3 Å². The van der Waals surface area contributed by atoms with Crippen LogP contribution >= 0.6 is 0 Å². The van der Waals surface area contributed by atoms with E-state index in [2.05, 4.69) is 15.5 Å². The summed E-state index contributed by atoms with van der Waals surface area (Å²) in [5.74, 6) is 0. The molecular formula is C20H28BN3O5. The third-order valence-corrected chi connectivity index (χ3v) is 5.22. The van der Waals surface area contributed by atoms with Crippen molar-refractivity contribution in [1.29, 1.82) is 0 Å². The molecule has 0 aliphatic carbocycles. The fraction of sp³-hybridized carbons (Fsp3) is 0.550. The number of ether oxygens (including phenoxy) is 1. The molecule has 0 saturated carbocycles. The number of rotatable bonds is 3. The van der Waals surface area contributed by atoms with Gasteiger partial charge in [-0.1, -0.05) is 12.1 Å². The van der Waals surface area contributed by atoms with Gasteiger partial charge in [-0.25, -0.2) is 9.89 Å². The number of H-pyrrole nitrogens is 1. The normalized spacial score (nSPS) is 18.1. The highest BCUT2D eigenvalue weighted by Crippen LogP contribution is 2.36. The minimum atomic E-state index is -0.603. The van der Waals surface area contributed by atoms with Crippen molar-refractivity contribution >= 4 is 29.4 Å². The zero-order valence-corrected chi connectivity index (χ0v) is 18.0. The maximum atomic E-state index is 12.2. The Morgan fingerprint density at radius 1 is 1.17 bits per heavy atom. The number of carbonyl (C=O) groups is 1. The third-order valence-electron chi connectivity index (χ3n) is 5.22. The molecule has 0 unspecified atom stereocenters. The predicted octanol–water partition coefficient (Wildman–Crippen LogP) is 2.25. The van der Waals surface area contributed by atoms with Crippen molar-refractivity contribution < 1.29 is 18.8 Å². The van der Waals surface area contributed by atoms with Crippen LogP contribution in [-0.4, -0.2) is 40.2 Å². The van der Waals surface area contributed by atoms with Crippen molar-refractivity contribution in [2.75, 3.05) is 0 Å². The molecule has 2 N–H and O–H groups in total. The Bertz CT molecular complexity index is 978. The van der Waals surface area contributed by atoms with Gasteiger partial charge in [-0.15, -0.1) is 0 Å². The van der Waals surface area contributed by atoms with E-state index in [1.54, 1.807) is 26.8 Å². The summed E-state index contributed by atoms with van der Waals surface area (Å²) in [5.41, 5.74) is -0.554. The Balaban J connectivity index is 1.90. The second kappa shape index (κ2) is 7.14. The van der Waals surface area contributed by atoms with Gasteiger partial charge in [-0.3, -0.25) is 4.79 Å². The van der Waals surface area contributed by atoms with Crippen molar-refractivity contribution in [2.45, 2.75) is 71.8 Å². The molecule has 1 aliphatic rings. The summed E-state index contributed by atoms with van der Waals surface area (Å²) < 4.78 is 17.5. The summed E-state index contributed by atoms with van der Waals surface area (Å²) in [4.78, 5) is 24.2. The number of benzene rings is 1. The Morgan fingerprint density at radius 2 is 1.79 bits per heavy atom. The number of amides is 1. The highest BCUT2D eigenvalue weighted by Gasteiger charge is 2.51. The number of hydrogen-bond donors (Lipinski definition) is 2. The second-order valence-corrected chi connectivity index (χ2v) is 9.25. The number of aromatic amines is 1. The highest BCUT2D eigenvalue weighted by atomic mass is 16.7. The first-order chi connectivity index (χ1) is 13.3. The molecule has 1 fully saturated rings. The second-order valence-electron chi connectivity index (χ2n) is 9.25. The van der Waals surface area contributed by atoms with Gasteiger partial charge in [0, 0.05) is 5.39 Å². The van der Waals surface area contributed by atoms with E-state index < -0.39 is 30.0 Å². The monoisotopic (exact) mass is 401 g/mol. The number of nitrogens with one attached hydrogen (secondary N) is 2. The molecule has 9 heteroatoms. The molecule has 3 rings (SSSR count). The van der Waals surface area contributed by atoms with Crippen LogP contribution in [0, 0.1) is 0 Å². The minimum absolute atomic E-state index is 0.106. The number of aromatic nitrogens is 2. The molecule has 156 valence electrons. The molecule has 1 amide bonds.